The van der Waals surface area contributed by atoms with E-state index in [-0.39, 0.29) is 18.3 Å². The molecule has 2 aliphatic carbocycles. The van der Waals surface area contributed by atoms with Crippen molar-refractivity contribution in [1.82, 2.24) is 20.4 Å². The highest BCUT2D eigenvalue weighted by atomic mass is 35.5. The second kappa shape index (κ2) is 10.1. The third kappa shape index (κ3) is 5.15. The Morgan fingerprint density at radius 1 is 1.00 bits per heavy atom. The van der Waals surface area contributed by atoms with E-state index in [0.717, 1.165) is 36.3 Å². The number of hydrogen-bond donors (Lipinski definition) is 2. The molecule has 0 atom stereocenters. The number of hydrogen-bond acceptors (Lipinski definition) is 3. The lowest BCUT2D eigenvalue weighted by molar-refractivity contribution is 0.0952. The summed E-state index contributed by atoms with van der Waals surface area (Å²) in [5.74, 6) is 0.458. The number of para-hydroxylation sites is 1. The predicted molar refractivity (Wildman–Crippen MR) is 115 cm³/mol. The quantitative estimate of drug-likeness (QED) is 0.538. The SMILES string of the molecule is Cl.O=C(NCCNC1CCCCCC1)c1cnn(-c2ccccc2)c1C1CC1. The van der Waals surface area contributed by atoms with Crippen molar-refractivity contribution in [1.29, 1.82) is 0 Å². The lowest BCUT2D eigenvalue weighted by Gasteiger charge is -2.16. The molecule has 0 bridgehead atoms. The maximum absolute atomic E-state index is 12.8. The monoisotopic (exact) mass is 402 g/mol. The molecule has 0 radical (unpaired) electrons. The first kappa shape index (κ1) is 20.9. The normalized spacial score (nSPS) is 17.6. The third-order valence-electron chi connectivity index (χ3n) is 5.71. The molecule has 2 aromatic rings. The summed E-state index contributed by atoms with van der Waals surface area (Å²) in [6, 6.07) is 10.7. The summed E-state index contributed by atoms with van der Waals surface area (Å²) in [5.41, 5.74) is 2.82. The van der Waals surface area contributed by atoms with Crippen LogP contribution in [-0.4, -0.2) is 34.8 Å². The smallest absolute Gasteiger partial charge is 0.254 e. The minimum atomic E-state index is 0. The molecule has 1 heterocycles. The van der Waals surface area contributed by atoms with Gasteiger partial charge in [-0.25, -0.2) is 4.68 Å². The van der Waals surface area contributed by atoms with Crippen LogP contribution in [0.25, 0.3) is 5.69 Å². The van der Waals surface area contributed by atoms with E-state index in [9.17, 15) is 4.79 Å². The number of halogens is 1. The molecule has 28 heavy (non-hydrogen) atoms. The van der Waals surface area contributed by atoms with Gasteiger partial charge in [-0.2, -0.15) is 5.10 Å². The molecule has 2 N–H and O–H groups in total. The fraction of sp³-hybridized carbons (Fsp3) is 0.545. The largest absolute Gasteiger partial charge is 0.351 e. The molecule has 152 valence electrons. The van der Waals surface area contributed by atoms with E-state index in [2.05, 4.69) is 15.7 Å². The van der Waals surface area contributed by atoms with Gasteiger partial charge in [0, 0.05) is 25.0 Å². The summed E-state index contributed by atoms with van der Waals surface area (Å²) in [4.78, 5) is 12.8. The molecule has 0 unspecified atom stereocenters. The van der Waals surface area contributed by atoms with E-state index < -0.39 is 0 Å². The molecule has 0 spiro atoms. The Kier molecular flexibility index (Phi) is 7.51. The lowest BCUT2D eigenvalue weighted by Crippen LogP contribution is -2.37. The fourth-order valence-electron chi connectivity index (χ4n) is 4.09. The van der Waals surface area contributed by atoms with Crippen molar-refractivity contribution in [3.63, 3.8) is 0 Å². The Hall–Kier alpha value is -1.85. The Morgan fingerprint density at radius 3 is 2.39 bits per heavy atom. The molecular weight excluding hydrogens is 372 g/mol. The number of amides is 1. The molecule has 2 fully saturated rings. The van der Waals surface area contributed by atoms with Crippen LogP contribution < -0.4 is 10.6 Å². The minimum Gasteiger partial charge on any atom is -0.351 e. The Labute approximate surface area is 173 Å². The van der Waals surface area contributed by atoms with Gasteiger partial charge in [0.25, 0.3) is 5.91 Å². The van der Waals surface area contributed by atoms with Crippen LogP contribution in [0.5, 0.6) is 0 Å². The second-order valence-corrected chi connectivity index (χ2v) is 7.86. The Balaban J connectivity index is 0.00000225. The number of carbonyl (C=O) groups excluding carboxylic acids is 1. The molecule has 1 aromatic carbocycles. The summed E-state index contributed by atoms with van der Waals surface area (Å²) < 4.78 is 1.94. The van der Waals surface area contributed by atoms with E-state index in [1.54, 1.807) is 6.20 Å². The first-order valence-electron chi connectivity index (χ1n) is 10.5. The first-order valence-corrected chi connectivity index (χ1v) is 10.5. The van der Waals surface area contributed by atoms with E-state index in [4.69, 9.17) is 0 Å². The van der Waals surface area contributed by atoms with E-state index in [0.29, 0.717) is 18.5 Å². The molecule has 2 saturated carbocycles. The molecular formula is C22H31ClN4O. The third-order valence-corrected chi connectivity index (χ3v) is 5.71. The summed E-state index contributed by atoms with van der Waals surface area (Å²) in [5, 5.41) is 11.2. The van der Waals surface area contributed by atoms with E-state index in [1.165, 1.54) is 38.5 Å². The number of rotatable bonds is 7. The van der Waals surface area contributed by atoms with Crippen LogP contribution in [0, 0.1) is 0 Å². The Bertz CT molecular complexity index is 749. The van der Waals surface area contributed by atoms with Crippen molar-refractivity contribution < 1.29 is 4.79 Å². The van der Waals surface area contributed by atoms with Gasteiger partial charge in [0.05, 0.1) is 23.1 Å². The molecule has 4 rings (SSSR count). The number of carbonyl (C=O) groups is 1. The second-order valence-electron chi connectivity index (χ2n) is 7.86. The van der Waals surface area contributed by atoms with Crippen LogP contribution in [-0.2, 0) is 0 Å². The van der Waals surface area contributed by atoms with Gasteiger partial charge in [-0.3, -0.25) is 4.79 Å². The summed E-state index contributed by atoms with van der Waals surface area (Å²) in [6.07, 6.45) is 11.9. The summed E-state index contributed by atoms with van der Waals surface area (Å²) in [7, 11) is 0. The van der Waals surface area contributed by atoms with Crippen molar-refractivity contribution in [3.8, 4) is 5.69 Å². The number of nitrogens with zero attached hydrogens (tertiary/aromatic N) is 2. The molecule has 6 heteroatoms. The van der Waals surface area contributed by atoms with Crippen LogP contribution in [0.3, 0.4) is 0 Å². The van der Waals surface area contributed by atoms with Crippen molar-refractivity contribution >= 4 is 18.3 Å². The minimum absolute atomic E-state index is 0. The van der Waals surface area contributed by atoms with Gasteiger partial charge in [0.2, 0.25) is 0 Å². The number of aromatic nitrogens is 2. The highest BCUT2D eigenvalue weighted by Crippen LogP contribution is 2.42. The highest BCUT2D eigenvalue weighted by molar-refractivity contribution is 5.95. The standard InChI is InChI=1S/C22H30N4O.ClH/c27-22(24-15-14-23-18-8-4-1-2-5-9-18)20-16-25-26(21(20)17-12-13-17)19-10-6-3-7-11-19;/h3,6-7,10-11,16-18,23H,1-2,4-5,8-9,12-15H2,(H,24,27);1H. The van der Waals surface area contributed by atoms with Crippen LogP contribution in [0.1, 0.15) is 73.3 Å². The molecule has 0 aliphatic heterocycles. The van der Waals surface area contributed by atoms with Gasteiger partial charge < -0.3 is 10.6 Å². The van der Waals surface area contributed by atoms with E-state index in [1.807, 2.05) is 35.0 Å². The van der Waals surface area contributed by atoms with Gasteiger partial charge in [0.1, 0.15) is 0 Å². The predicted octanol–water partition coefficient (Wildman–Crippen LogP) is 4.21. The average Bonchev–Trinajstić information content (AvgIpc) is 3.49. The summed E-state index contributed by atoms with van der Waals surface area (Å²) in [6.45, 7) is 1.50. The number of benzene rings is 1. The van der Waals surface area contributed by atoms with Crippen molar-refractivity contribution in [2.75, 3.05) is 13.1 Å². The molecule has 0 saturated heterocycles. The van der Waals surface area contributed by atoms with Crippen LogP contribution in [0.2, 0.25) is 0 Å². The zero-order chi connectivity index (χ0) is 18.5. The molecule has 5 nitrogen and oxygen atoms in total. The highest BCUT2D eigenvalue weighted by Gasteiger charge is 2.32. The first-order chi connectivity index (χ1) is 13.3. The Morgan fingerprint density at radius 2 is 1.71 bits per heavy atom. The summed E-state index contributed by atoms with van der Waals surface area (Å²) >= 11 is 0. The average molecular weight is 403 g/mol. The van der Waals surface area contributed by atoms with Gasteiger partial charge >= 0.3 is 0 Å². The van der Waals surface area contributed by atoms with Crippen molar-refractivity contribution in [2.24, 2.45) is 0 Å². The van der Waals surface area contributed by atoms with Gasteiger partial charge in [-0.1, -0.05) is 43.9 Å². The maximum Gasteiger partial charge on any atom is 0.254 e. The van der Waals surface area contributed by atoms with Crippen molar-refractivity contribution in [3.05, 3.63) is 47.8 Å². The van der Waals surface area contributed by atoms with Crippen LogP contribution in [0.4, 0.5) is 0 Å². The van der Waals surface area contributed by atoms with Gasteiger partial charge in [-0.05, 0) is 37.8 Å². The number of nitrogens with one attached hydrogen (secondary N) is 2. The van der Waals surface area contributed by atoms with E-state index >= 15 is 0 Å². The lowest BCUT2D eigenvalue weighted by atomic mass is 10.1. The zero-order valence-electron chi connectivity index (χ0n) is 16.4. The maximum atomic E-state index is 12.8. The molecule has 1 amide bonds. The van der Waals surface area contributed by atoms with Crippen molar-refractivity contribution in [2.45, 2.75) is 63.3 Å². The van der Waals surface area contributed by atoms with Gasteiger partial charge in [-0.15, -0.1) is 12.4 Å². The molecule has 1 aromatic heterocycles. The molecule has 2 aliphatic rings. The fourth-order valence-corrected chi connectivity index (χ4v) is 4.09. The zero-order valence-corrected chi connectivity index (χ0v) is 17.2. The van der Waals surface area contributed by atoms with Gasteiger partial charge in [0.15, 0.2) is 0 Å². The topological polar surface area (TPSA) is 59.0 Å². The van der Waals surface area contributed by atoms with Crippen LogP contribution in [0.15, 0.2) is 36.5 Å². The van der Waals surface area contributed by atoms with Crippen LogP contribution >= 0.6 is 12.4 Å².